The molecule has 14 heavy (non-hydrogen) atoms. The number of benzene rings is 1. The molecule has 1 rings (SSSR count). The van der Waals surface area contributed by atoms with Crippen molar-refractivity contribution in [3.8, 4) is 17.2 Å². The van der Waals surface area contributed by atoms with Crippen LogP contribution in [-0.2, 0) is 4.57 Å². The predicted molar refractivity (Wildman–Crippen MR) is 47.2 cm³/mol. The van der Waals surface area contributed by atoms with E-state index in [0.29, 0.717) is 5.56 Å². The first-order valence-corrected chi connectivity index (χ1v) is 5.11. The third-order valence-corrected chi connectivity index (χ3v) is 1.94. The van der Waals surface area contributed by atoms with Crippen LogP contribution in [0.3, 0.4) is 0 Å². The van der Waals surface area contributed by atoms with Gasteiger partial charge in [0.25, 0.3) is 0 Å². The second-order valence-corrected chi connectivity index (χ2v) is 3.82. The van der Waals surface area contributed by atoms with Gasteiger partial charge in [0.05, 0.1) is 0 Å². The summed E-state index contributed by atoms with van der Waals surface area (Å²) in [5, 5.41) is 18.3. The highest BCUT2D eigenvalue weighted by Gasteiger charge is 2.21. The Bertz CT molecular complexity index is 395. The lowest BCUT2D eigenvalue weighted by molar-refractivity contribution is 0.275. The predicted octanol–water partition coefficient (Wildman–Crippen LogP) is 0.878. The molecule has 0 unspecified atom stereocenters. The van der Waals surface area contributed by atoms with Crippen LogP contribution in [0.25, 0.3) is 0 Å². The Morgan fingerprint density at radius 3 is 2.36 bits per heavy atom. The van der Waals surface area contributed by atoms with Gasteiger partial charge in [0.15, 0.2) is 11.5 Å². The SMILES string of the molecule is Cc1ccc(O)c(O)c1OP(=O)(O)O. The minimum Gasteiger partial charge on any atom is -0.504 e. The molecule has 7 heteroatoms. The first kappa shape index (κ1) is 10.8. The summed E-state index contributed by atoms with van der Waals surface area (Å²) in [4.78, 5) is 17.0. The molecule has 0 saturated heterocycles. The number of aryl methyl sites for hydroxylation is 1. The van der Waals surface area contributed by atoms with Crippen LogP contribution in [0, 0.1) is 6.92 Å². The van der Waals surface area contributed by atoms with Crippen molar-refractivity contribution in [2.24, 2.45) is 0 Å². The van der Waals surface area contributed by atoms with E-state index in [-0.39, 0.29) is 0 Å². The Balaban J connectivity index is 3.20. The van der Waals surface area contributed by atoms with Crippen LogP contribution in [0.5, 0.6) is 17.2 Å². The Kier molecular flexibility index (Phi) is 2.71. The Hall–Kier alpha value is -1.23. The number of phenolic OH excluding ortho intramolecular Hbond substituents is 2. The van der Waals surface area contributed by atoms with Gasteiger partial charge < -0.3 is 14.7 Å². The number of rotatable bonds is 2. The van der Waals surface area contributed by atoms with E-state index in [2.05, 4.69) is 4.52 Å². The smallest absolute Gasteiger partial charge is 0.504 e. The van der Waals surface area contributed by atoms with Gasteiger partial charge in [-0.15, -0.1) is 0 Å². The Labute approximate surface area is 79.6 Å². The molecule has 0 aliphatic heterocycles. The van der Waals surface area contributed by atoms with Gasteiger partial charge in [0.1, 0.15) is 0 Å². The van der Waals surface area contributed by atoms with Crippen molar-refractivity contribution in [1.82, 2.24) is 0 Å². The summed E-state index contributed by atoms with van der Waals surface area (Å²) in [5.41, 5.74) is 0.309. The highest BCUT2D eigenvalue weighted by atomic mass is 31.2. The lowest BCUT2D eigenvalue weighted by Crippen LogP contribution is -1.93. The van der Waals surface area contributed by atoms with Crippen LogP contribution in [0.1, 0.15) is 5.56 Å². The van der Waals surface area contributed by atoms with Crippen LogP contribution >= 0.6 is 7.82 Å². The minimum atomic E-state index is -4.73. The second kappa shape index (κ2) is 3.49. The molecule has 4 N–H and O–H groups in total. The van der Waals surface area contributed by atoms with Crippen molar-refractivity contribution in [2.45, 2.75) is 6.92 Å². The van der Waals surface area contributed by atoms with Crippen LogP contribution in [0.15, 0.2) is 12.1 Å². The monoisotopic (exact) mass is 220 g/mol. The summed E-state index contributed by atoms with van der Waals surface area (Å²) < 4.78 is 14.7. The van der Waals surface area contributed by atoms with Crippen molar-refractivity contribution in [3.63, 3.8) is 0 Å². The number of phosphoric acid groups is 1. The summed E-state index contributed by atoms with van der Waals surface area (Å²) >= 11 is 0. The van der Waals surface area contributed by atoms with Gasteiger partial charge in [-0.2, -0.15) is 0 Å². The highest BCUT2D eigenvalue weighted by molar-refractivity contribution is 7.46. The van der Waals surface area contributed by atoms with Gasteiger partial charge in [0, 0.05) is 0 Å². The molecule has 0 aliphatic carbocycles. The zero-order valence-electron chi connectivity index (χ0n) is 7.21. The normalized spacial score (nSPS) is 11.4. The minimum absolute atomic E-state index is 0.309. The van der Waals surface area contributed by atoms with E-state index in [0.717, 1.165) is 0 Å². The molecule has 1 aromatic rings. The van der Waals surface area contributed by atoms with E-state index in [9.17, 15) is 9.67 Å². The third kappa shape index (κ3) is 2.38. The molecule has 0 fully saturated rings. The molecule has 0 aromatic heterocycles. The van der Waals surface area contributed by atoms with Crippen molar-refractivity contribution in [3.05, 3.63) is 17.7 Å². The summed E-state index contributed by atoms with van der Waals surface area (Å²) in [6.07, 6.45) is 0. The number of aromatic hydroxyl groups is 2. The van der Waals surface area contributed by atoms with E-state index in [1.807, 2.05) is 0 Å². The summed E-state index contributed by atoms with van der Waals surface area (Å²) in [7, 11) is -4.73. The average molecular weight is 220 g/mol. The van der Waals surface area contributed by atoms with E-state index in [4.69, 9.17) is 14.9 Å². The lowest BCUT2D eigenvalue weighted by atomic mass is 10.2. The second-order valence-electron chi connectivity index (χ2n) is 2.66. The van der Waals surface area contributed by atoms with Crippen LogP contribution < -0.4 is 4.52 Å². The summed E-state index contributed by atoms with van der Waals surface area (Å²) in [5.74, 6) is -1.61. The van der Waals surface area contributed by atoms with Crippen LogP contribution in [0.2, 0.25) is 0 Å². The quantitative estimate of drug-likeness (QED) is 0.435. The van der Waals surface area contributed by atoms with Gasteiger partial charge in [-0.3, -0.25) is 9.79 Å². The van der Waals surface area contributed by atoms with Gasteiger partial charge >= 0.3 is 7.82 Å². The molecule has 0 amide bonds. The van der Waals surface area contributed by atoms with Gasteiger partial charge in [-0.25, -0.2) is 4.57 Å². The van der Waals surface area contributed by atoms with Gasteiger partial charge in [0.2, 0.25) is 5.75 Å². The van der Waals surface area contributed by atoms with Gasteiger partial charge in [-0.05, 0) is 18.6 Å². The molecular formula is C7H9O6P. The van der Waals surface area contributed by atoms with Crippen LogP contribution in [-0.4, -0.2) is 20.0 Å². The zero-order chi connectivity index (χ0) is 10.9. The lowest BCUT2D eigenvalue weighted by Gasteiger charge is -2.11. The van der Waals surface area contributed by atoms with E-state index in [1.54, 1.807) is 0 Å². The molecule has 6 nitrogen and oxygen atoms in total. The number of hydrogen-bond donors (Lipinski definition) is 4. The first-order chi connectivity index (χ1) is 6.31. The first-order valence-electron chi connectivity index (χ1n) is 3.58. The summed E-state index contributed by atoms with van der Waals surface area (Å²) in [6.45, 7) is 1.48. The molecule has 78 valence electrons. The molecule has 0 atom stereocenters. The molecule has 0 heterocycles. The third-order valence-electron chi connectivity index (χ3n) is 1.52. The fraction of sp³-hybridized carbons (Fsp3) is 0.143. The molecular weight excluding hydrogens is 211 g/mol. The van der Waals surface area contributed by atoms with Crippen molar-refractivity contribution >= 4 is 7.82 Å². The molecule has 0 radical (unpaired) electrons. The zero-order valence-corrected chi connectivity index (χ0v) is 8.10. The van der Waals surface area contributed by atoms with E-state index < -0.39 is 25.1 Å². The number of hydrogen-bond acceptors (Lipinski definition) is 4. The highest BCUT2D eigenvalue weighted by Crippen LogP contribution is 2.46. The molecule has 0 aliphatic rings. The Morgan fingerprint density at radius 2 is 1.86 bits per heavy atom. The standard InChI is InChI=1S/C7H9O6P/c1-4-2-3-5(8)6(9)7(4)13-14(10,11)12/h2-3,8-9H,1H3,(H2,10,11,12). The molecule has 1 aromatic carbocycles. The fourth-order valence-electron chi connectivity index (χ4n) is 0.896. The average Bonchev–Trinajstić information content (AvgIpc) is 2.04. The van der Waals surface area contributed by atoms with E-state index >= 15 is 0 Å². The Morgan fingerprint density at radius 1 is 1.29 bits per heavy atom. The van der Waals surface area contributed by atoms with Crippen molar-refractivity contribution in [1.29, 1.82) is 0 Å². The number of phosphoric ester groups is 1. The summed E-state index contributed by atoms with van der Waals surface area (Å²) in [6, 6.07) is 2.55. The maximum absolute atomic E-state index is 10.5. The molecule has 0 bridgehead atoms. The van der Waals surface area contributed by atoms with Gasteiger partial charge in [-0.1, -0.05) is 6.07 Å². The maximum atomic E-state index is 10.5. The maximum Gasteiger partial charge on any atom is 0.524 e. The van der Waals surface area contributed by atoms with Crippen molar-refractivity contribution < 1.29 is 29.1 Å². The molecule has 0 saturated carbocycles. The largest absolute Gasteiger partial charge is 0.524 e. The number of phenols is 2. The van der Waals surface area contributed by atoms with E-state index in [1.165, 1.54) is 19.1 Å². The van der Waals surface area contributed by atoms with Crippen LogP contribution in [0.4, 0.5) is 0 Å². The topological polar surface area (TPSA) is 107 Å². The van der Waals surface area contributed by atoms with Crippen molar-refractivity contribution in [2.75, 3.05) is 0 Å². The molecule has 0 spiro atoms. The fourth-order valence-corrected chi connectivity index (χ4v) is 1.36.